The van der Waals surface area contributed by atoms with E-state index in [1.165, 1.54) is 4.90 Å². The van der Waals surface area contributed by atoms with E-state index in [9.17, 15) is 13.2 Å². The number of hydrogen-bond acceptors (Lipinski definition) is 4. The Bertz CT molecular complexity index is 463. The van der Waals surface area contributed by atoms with Crippen molar-refractivity contribution >= 4 is 0 Å². The Labute approximate surface area is 122 Å². The van der Waals surface area contributed by atoms with Crippen LogP contribution in [0.4, 0.5) is 13.2 Å². The fourth-order valence-electron chi connectivity index (χ4n) is 2.80. The molecule has 1 aliphatic rings. The molecule has 0 aliphatic carbocycles. The topological polar surface area (TPSA) is 50.3 Å². The van der Waals surface area contributed by atoms with E-state index in [2.05, 4.69) is 10.00 Å². The maximum absolute atomic E-state index is 12.4. The van der Waals surface area contributed by atoms with E-state index in [1.54, 1.807) is 10.9 Å². The van der Waals surface area contributed by atoms with Crippen LogP contribution in [-0.2, 0) is 7.05 Å². The average Bonchev–Trinajstić information content (AvgIpc) is 2.72. The highest BCUT2D eigenvalue weighted by Gasteiger charge is 2.33. The largest absolute Gasteiger partial charge is 0.401 e. The molecule has 1 unspecified atom stereocenters. The zero-order chi connectivity index (χ0) is 15.6. The van der Waals surface area contributed by atoms with Crippen molar-refractivity contribution in [2.75, 3.05) is 39.3 Å². The van der Waals surface area contributed by atoms with E-state index in [-0.39, 0.29) is 6.04 Å². The van der Waals surface area contributed by atoms with E-state index in [0.717, 1.165) is 11.3 Å². The average molecular weight is 305 g/mol. The first kappa shape index (κ1) is 16.3. The third-order valence-corrected chi connectivity index (χ3v) is 4.11. The van der Waals surface area contributed by atoms with Gasteiger partial charge in [-0.1, -0.05) is 0 Å². The third-order valence-electron chi connectivity index (χ3n) is 4.11. The van der Waals surface area contributed by atoms with Gasteiger partial charge in [-0.25, -0.2) is 0 Å². The minimum Gasteiger partial charge on any atom is -0.329 e. The van der Waals surface area contributed by atoms with Gasteiger partial charge in [0, 0.05) is 51.0 Å². The number of aryl methyl sites for hydroxylation is 1. The summed E-state index contributed by atoms with van der Waals surface area (Å²) in [6, 6.07) is 0.0201. The van der Waals surface area contributed by atoms with Crippen molar-refractivity contribution in [2.24, 2.45) is 12.8 Å². The van der Waals surface area contributed by atoms with Crippen LogP contribution < -0.4 is 5.73 Å². The van der Waals surface area contributed by atoms with Gasteiger partial charge in [0.2, 0.25) is 0 Å². The van der Waals surface area contributed by atoms with Gasteiger partial charge in [-0.05, 0) is 6.92 Å². The smallest absolute Gasteiger partial charge is 0.329 e. The number of rotatable bonds is 4. The first-order chi connectivity index (χ1) is 9.81. The van der Waals surface area contributed by atoms with Crippen LogP contribution in [0, 0.1) is 6.92 Å². The van der Waals surface area contributed by atoms with Crippen molar-refractivity contribution in [1.29, 1.82) is 0 Å². The molecule has 8 heteroatoms. The standard InChI is InChI=1S/C13H22F3N5/c1-10-11(8-18-19(10)2)12(7-17)21-5-3-20(4-6-21)9-13(14,15)16/h8,12H,3-7,9,17H2,1-2H3. The van der Waals surface area contributed by atoms with Crippen molar-refractivity contribution in [3.63, 3.8) is 0 Å². The molecule has 1 aromatic heterocycles. The molecule has 0 aromatic carbocycles. The molecule has 21 heavy (non-hydrogen) atoms. The number of aromatic nitrogens is 2. The highest BCUT2D eigenvalue weighted by molar-refractivity contribution is 5.21. The first-order valence-corrected chi connectivity index (χ1v) is 7.03. The Morgan fingerprint density at radius 2 is 1.90 bits per heavy atom. The molecular weight excluding hydrogens is 283 g/mol. The molecule has 2 rings (SSSR count). The van der Waals surface area contributed by atoms with Gasteiger partial charge in [0.1, 0.15) is 0 Å². The number of hydrogen-bond donors (Lipinski definition) is 1. The Kier molecular flexibility index (Phi) is 4.90. The fraction of sp³-hybridized carbons (Fsp3) is 0.769. The maximum Gasteiger partial charge on any atom is 0.401 e. The molecule has 120 valence electrons. The van der Waals surface area contributed by atoms with Crippen LogP contribution in [0.1, 0.15) is 17.3 Å². The predicted molar refractivity (Wildman–Crippen MR) is 73.8 cm³/mol. The van der Waals surface area contributed by atoms with Crippen molar-refractivity contribution < 1.29 is 13.2 Å². The number of alkyl halides is 3. The van der Waals surface area contributed by atoms with Crippen LogP contribution in [-0.4, -0.2) is 65.0 Å². The van der Waals surface area contributed by atoms with Crippen LogP contribution in [0.25, 0.3) is 0 Å². The van der Waals surface area contributed by atoms with Crippen LogP contribution in [0.3, 0.4) is 0 Å². The van der Waals surface area contributed by atoms with Crippen molar-refractivity contribution in [3.05, 3.63) is 17.5 Å². The second kappa shape index (κ2) is 6.33. The summed E-state index contributed by atoms with van der Waals surface area (Å²) < 4.78 is 39.0. The molecule has 0 amide bonds. The van der Waals surface area contributed by atoms with Crippen LogP contribution in [0.15, 0.2) is 6.20 Å². The minimum absolute atomic E-state index is 0.0201. The number of halogens is 3. The summed E-state index contributed by atoms with van der Waals surface area (Å²) in [5, 5.41) is 4.22. The van der Waals surface area contributed by atoms with Crippen LogP contribution in [0.2, 0.25) is 0 Å². The van der Waals surface area contributed by atoms with Gasteiger partial charge in [-0.2, -0.15) is 18.3 Å². The van der Waals surface area contributed by atoms with Crippen LogP contribution in [0.5, 0.6) is 0 Å². The van der Waals surface area contributed by atoms with E-state index in [0.29, 0.717) is 32.7 Å². The molecule has 0 radical (unpaired) electrons. The SMILES string of the molecule is Cc1c(C(CN)N2CCN(CC(F)(F)F)CC2)cnn1C. The molecule has 1 atom stereocenters. The lowest BCUT2D eigenvalue weighted by Crippen LogP contribution is -2.51. The summed E-state index contributed by atoms with van der Waals surface area (Å²) in [5.74, 6) is 0. The molecule has 1 aromatic rings. The van der Waals surface area contributed by atoms with E-state index >= 15 is 0 Å². The quantitative estimate of drug-likeness (QED) is 0.898. The number of piperazine rings is 1. The Hall–Kier alpha value is -1.12. The third kappa shape index (κ3) is 3.96. The molecule has 0 saturated carbocycles. The lowest BCUT2D eigenvalue weighted by atomic mass is 10.1. The molecule has 2 N–H and O–H groups in total. The van der Waals surface area contributed by atoms with Gasteiger partial charge < -0.3 is 5.73 Å². The van der Waals surface area contributed by atoms with E-state index < -0.39 is 12.7 Å². The van der Waals surface area contributed by atoms with Crippen molar-refractivity contribution in [3.8, 4) is 0 Å². The van der Waals surface area contributed by atoms with Crippen LogP contribution >= 0.6 is 0 Å². The number of nitrogens with zero attached hydrogens (tertiary/aromatic N) is 4. The fourth-order valence-corrected chi connectivity index (χ4v) is 2.80. The van der Waals surface area contributed by atoms with Gasteiger partial charge in [0.05, 0.1) is 18.8 Å². The zero-order valence-electron chi connectivity index (χ0n) is 12.4. The first-order valence-electron chi connectivity index (χ1n) is 7.03. The molecule has 1 aliphatic heterocycles. The van der Waals surface area contributed by atoms with Gasteiger partial charge in [-0.15, -0.1) is 0 Å². The summed E-state index contributed by atoms with van der Waals surface area (Å²) in [4.78, 5) is 3.59. The normalized spacial score (nSPS) is 19.9. The molecule has 0 spiro atoms. The van der Waals surface area contributed by atoms with E-state index in [1.807, 2.05) is 14.0 Å². The molecule has 1 fully saturated rings. The Morgan fingerprint density at radius 1 is 1.29 bits per heavy atom. The summed E-state index contributed by atoms with van der Waals surface area (Å²) in [7, 11) is 1.87. The van der Waals surface area contributed by atoms with Gasteiger partial charge >= 0.3 is 6.18 Å². The summed E-state index contributed by atoms with van der Waals surface area (Å²) in [6.07, 6.45) is -2.33. The highest BCUT2D eigenvalue weighted by atomic mass is 19.4. The lowest BCUT2D eigenvalue weighted by Gasteiger charge is -2.39. The van der Waals surface area contributed by atoms with Crippen molar-refractivity contribution in [1.82, 2.24) is 19.6 Å². The molecule has 2 heterocycles. The van der Waals surface area contributed by atoms with Gasteiger partial charge in [0.15, 0.2) is 0 Å². The second-order valence-electron chi connectivity index (χ2n) is 5.49. The molecule has 1 saturated heterocycles. The van der Waals surface area contributed by atoms with E-state index in [4.69, 9.17) is 5.73 Å². The minimum atomic E-state index is -4.13. The Balaban J connectivity index is 1.98. The molecular formula is C13H22F3N5. The number of nitrogens with two attached hydrogens (primary N) is 1. The second-order valence-corrected chi connectivity index (χ2v) is 5.49. The molecule has 5 nitrogen and oxygen atoms in total. The lowest BCUT2D eigenvalue weighted by molar-refractivity contribution is -0.149. The predicted octanol–water partition coefficient (Wildman–Crippen LogP) is 0.908. The maximum atomic E-state index is 12.4. The molecule has 0 bridgehead atoms. The van der Waals surface area contributed by atoms with Gasteiger partial charge in [0.25, 0.3) is 0 Å². The Morgan fingerprint density at radius 3 is 2.33 bits per heavy atom. The summed E-state index contributed by atoms with van der Waals surface area (Å²) >= 11 is 0. The zero-order valence-corrected chi connectivity index (χ0v) is 12.4. The summed E-state index contributed by atoms with van der Waals surface area (Å²) in [6.45, 7) is 3.58. The van der Waals surface area contributed by atoms with Crippen molar-refractivity contribution in [2.45, 2.75) is 19.1 Å². The highest BCUT2D eigenvalue weighted by Crippen LogP contribution is 2.25. The van der Waals surface area contributed by atoms with Gasteiger partial charge in [-0.3, -0.25) is 14.5 Å². The monoisotopic (exact) mass is 305 g/mol. The summed E-state index contributed by atoms with van der Waals surface area (Å²) in [5.41, 5.74) is 7.98.